The summed E-state index contributed by atoms with van der Waals surface area (Å²) in [6.07, 6.45) is 3.77. The van der Waals surface area contributed by atoms with Gasteiger partial charge in [0.2, 0.25) is 0 Å². The number of aromatic nitrogens is 3. The van der Waals surface area contributed by atoms with Gasteiger partial charge < -0.3 is 20.1 Å². The van der Waals surface area contributed by atoms with E-state index in [1.807, 2.05) is 0 Å². The van der Waals surface area contributed by atoms with Crippen molar-refractivity contribution >= 4 is 5.96 Å². The highest BCUT2D eigenvalue weighted by molar-refractivity contribution is 5.79. The van der Waals surface area contributed by atoms with Gasteiger partial charge in [0.1, 0.15) is 12.2 Å². The van der Waals surface area contributed by atoms with Crippen LogP contribution in [0.1, 0.15) is 19.2 Å². The van der Waals surface area contributed by atoms with Gasteiger partial charge in [-0.15, -0.1) is 10.2 Å². The summed E-state index contributed by atoms with van der Waals surface area (Å²) >= 11 is 0. The van der Waals surface area contributed by atoms with Crippen LogP contribution >= 0.6 is 0 Å². The third kappa shape index (κ3) is 6.01. The first-order valence-electron chi connectivity index (χ1n) is 7.13. The van der Waals surface area contributed by atoms with Crippen molar-refractivity contribution in [3.8, 4) is 0 Å². The van der Waals surface area contributed by atoms with Crippen LogP contribution in [0, 0.1) is 0 Å². The van der Waals surface area contributed by atoms with Crippen LogP contribution in [0.4, 0.5) is 0 Å². The second kappa shape index (κ2) is 9.30. The lowest BCUT2D eigenvalue weighted by Gasteiger charge is -2.14. The van der Waals surface area contributed by atoms with Crippen molar-refractivity contribution < 1.29 is 0 Å². The number of rotatable bonds is 8. The molecule has 2 N–H and O–H groups in total. The predicted molar refractivity (Wildman–Crippen MR) is 81.9 cm³/mol. The number of hydrogen-bond donors (Lipinski definition) is 2. The molecule has 1 aromatic heterocycles. The molecule has 1 rings (SSSR count). The Balaban J connectivity index is 2.21. The standard InChI is InChI=1S/C13H27N7/c1-5-12-18-17-11-20(12)10-8-16-13(14-2)15-7-6-9-19(3)4/h11H,5-10H2,1-4H3,(H2,14,15,16). The van der Waals surface area contributed by atoms with Crippen LogP contribution in [0.15, 0.2) is 11.3 Å². The summed E-state index contributed by atoms with van der Waals surface area (Å²) in [4.78, 5) is 6.38. The molecule has 0 spiro atoms. The SMILES string of the molecule is CCc1nncn1CCNC(=NC)NCCCN(C)C. The zero-order valence-electron chi connectivity index (χ0n) is 13.1. The maximum absolute atomic E-state index is 4.21. The molecular weight excluding hydrogens is 254 g/mol. The van der Waals surface area contributed by atoms with Crippen molar-refractivity contribution in [3.05, 3.63) is 12.2 Å². The summed E-state index contributed by atoms with van der Waals surface area (Å²) in [5, 5.41) is 14.6. The van der Waals surface area contributed by atoms with Crippen LogP contribution in [0.3, 0.4) is 0 Å². The second-order valence-electron chi connectivity index (χ2n) is 4.88. The minimum Gasteiger partial charge on any atom is -0.356 e. The largest absolute Gasteiger partial charge is 0.356 e. The smallest absolute Gasteiger partial charge is 0.191 e. The molecule has 0 saturated heterocycles. The van der Waals surface area contributed by atoms with Gasteiger partial charge >= 0.3 is 0 Å². The second-order valence-corrected chi connectivity index (χ2v) is 4.88. The van der Waals surface area contributed by atoms with Gasteiger partial charge in [0.15, 0.2) is 5.96 Å². The summed E-state index contributed by atoms with van der Waals surface area (Å²) in [5.41, 5.74) is 0. The van der Waals surface area contributed by atoms with E-state index in [0.717, 1.165) is 50.8 Å². The Morgan fingerprint density at radius 3 is 2.75 bits per heavy atom. The molecule has 0 atom stereocenters. The molecule has 0 fully saturated rings. The van der Waals surface area contributed by atoms with Crippen LogP contribution in [0.2, 0.25) is 0 Å². The lowest BCUT2D eigenvalue weighted by molar-refractivity contribution is 0.399. The van der Waals surface area contributed by atoms with E-state index >= 15 is 0 Å². The molecule has 0 bridgehead atoms. The van der Waals surface area contributed by atoms with Gasteiger partial charge in [-0.05, 0) is 27.1 Å². The van der Waals surface area contributed by atoms with Crippen LogP contribution < -0.4 is 10.6 Å². The fourth-order valence-electron chi connectivity index (χ4n) is 1.86. The molecule has 1 aromatic rings. The fourth-order valence-corrected chi connectivity index (χ4v) is 1.86. The van der Waals surface area contributed by atoms with E-state index in [4.69, 9.17) is 0 Å². The first kappa shape index (κ1) is 16.4. The van der Waals surface area contributed by atoms with Crippen LogP contribution in [-0.4, -0.2) is 66.4 Å². The Morgan fingerprint density at radius 2 is 2.10 bits per heavy atom. The van der Waals surface area contributed by atoms with Crippen molar-refractivity contribution in [2.75, 3.05) is 40.8 Å². The van der Waals surface area contributed by atoms with Gasteiger partial charge in [0, 0.05) is 33.1 Å². The molecule has 0 radical (unpaired) electrons. The topological polar surface area (TPSA) is 70.4 Å². The van der Waals surface area contributed by atoms with Crippen LogP contribution in [-0.2, 0) is 13.0 Å². The number of nitrogens with zero attached hydrogens (tertiary/aromatic N) is 5. The number of hydrogen-bond acceptors (Lipinski definition) is 4. The molecule has 1 heterocycles. The molecule has 0 aliphatic rings. The number of guanidine groups is 1. The predicted octanol–water partition coefficient (Wildman–Crippen LogP) is -0.0428. The Morgan fingerprint density at radius 1 is 1.35 bits per heavy atom. The molecule has 0 aromatic carbocycles. The quantitative estimate of drug-likeness (QED) is 0.397. The van der Waals surface area contributed by atoms with E-state index in [9.17, 15) is 0 Å². The molecule has 0 aliphatic heterocycles. The van der Waals surface area contributed by atoms with Crippen molar-refractivity contribution in [1.29, 1.82) is 0 Å². The lowest BCUT2D eigenvalue weighted by Crippen LogP contribution is -2.39. The van der Waals surface area contributed by atoms with E-state index in [1.165, 1.54) is 0 Å². The molecule has 114 valence electrons. The van der Waals surface area contributed by atoms with Crippen molar-refractivity contribution in [1.82, 2.24) is 30.3 Å². The summed E-state index contributed by atoms with van der Waals surface area (Å²) < 4.78 is 2.06. The Labute approximate surface area is 121 Å². The molecule has 0 amide bonds. The molecule has 0 saturated carbocycles. The zero-order valence-corrected chi connectivity index (χ0v) is 13.1. The van der Waals surface area contributed by atoms with Crippen molar-refractivity contribution in [3.63, 3.8) is 0 Å². The summed E-state index contributed by atoms with van der Waals surface area (Å²) in [5.74, 6) is 1.86. The number of nitrogens with one attached hydrogen (secondary N) is 2. The van der Waals surface area contributed by atoms with E-state index in [1.54, 1.807) is 13.4 Å². The zero-order chi connectivity index (χ0) is 14.8. The van der Waals surface area contributed by atoms with Gasteiger partial charge in [0.05, 0.1) is 0 Å². The highest BCUT2D eigenvalue weighted by atomic mass is 15.3. The highest BCUT2D eigenvalue weighted by Crippen LogP contribution is 1.94. The molecule has 0 aliphatic carbocycles. The monoisotopic (exact) mass is 281 g/mol. The maximum atomic E-state index is 4.21. The lowest BCUT2D eigenvalue weighted by atomic mass is 10.4. The normalized spacial score (nSPS) is 11.9. The number of aliphatic imine (C=N–C) groups is 1. The minimum absolute atomic E-state index is 0.804. The van der Waals surface area contributed by atoms with Crippen LogP contribution in [0.25, 0.3) is 0 Å². The van der Waals surface area contributed by atoms with Gasteiger partial charge in [-0.1, -0.05) is 6.92 Å². The van der Waals surface area contributed by atoms with Gasteiger partial charge in [-0.25, -0.2) is 0 Å². The van der Waals surface area contributed by atoms with E-state index in [0.29, 0.717) is 0 Å². The Bertz CT molecular complexity index is 397. The van der Waals surface area contributed by atoms with Crippen LogP contribution in [0.5, 0.6) is 0 Å². The number of aryl methyl sites for hydroxylation is 1. The van der Waals surface area contributed by atoms with E-state index < -0.39 is 0 Å². The average Bonchev–Trinajstić information content (AvgIpc) is 2.88. The summed E-state index contributed by atoms with van der Waals surface area (Å²) in [6, 6.07) is 0. The summed E-state index contributed by atoms with van der Waals surface area (Å²) in [7, 11) is 5.95. The first-order valence-corrected chi connectivity index (χ1v) is 7.13. The molecule has 7 heteroatoms. The van der Waals surface area contributed by atoms with Gasteiger partial charge in [-0.3, -0.25) is 4.99 Å². The van der Waals surface area contributed by atoms with E-state index in [-0.39, 0.29) is 0 Å². The average molecular weight is 281 g/mol. The molecular formula is C13H27N7. The van der Waals surface area contributed by atoms with Gasteiger partial charge in [-0.2, -0.15) is 0 Å². The molecule has 20 heavy (non-hydrogen) atoms. The Kier molecular flexibility index (Phi) is 7.64. The Hall–Kier alpha value is -1.63. The van der Waals surface area contributed by atoms with E-state index in [2.05, 4.69) is 56.3 Å². The van der Waals surface area contributed by atoms with Gasteiger partial charge in [0.25, 0.3) is 0 Å². The van der Waals surface area contributed by atoms with Crippen molar-refractivity contribution in [2.45, 2.75) is 26.3 Å². The highest BCUT2D eigenvalue weighted by Gasteiger charge is 2.02. The first-order chi connectivity index (χ1) is 9.67. The maximum Gasteiger partial charge on any atom is 0.191 e. The van der Waals surface area contributed by atoms with Crippen molar-refractivity contribution in [2.24, 2.45) is 4.99 Å². The molecule has 7 nitrogen and oxygen atoms in total. The summed E-state index contributed by atoms with van der Waals surface area (Å²) in [6.45, 7) is 5.72. The third-order valence-corrected chi connectivity index (χ3v) is 2.96. The fraction of sp³-hybridized carbons (Fsp3) is 0.769. The minimum atomic E-state index is 0.804. The molecule has 0 unspecified atom stereocenters. The third-order valence-electron chi connectivity index (χ3n) is 2.96.